The lowest BCUT2D eigenvalue weighted by atomic mass is 10.1. The Morgan fingerprint density at radius 2 is 1.88 bits per heavy atom. The fraction of sp³-hybridized carbons (Fsp3) is 0.286. The van der Waals surface area contributed by atoms with Crippen LogP contribution in [0, 0.1) is 11.6 Å². The van der Waals surface area contributed by atoms with Crippen molar-refractivity contribution in [2.75, 3.05) is 0 Å². The van der Waals surface area contributed by atoms with Crippen molar-refractivity contribution < 1.29 is 36.6 Å². The summed E-state index contributed by atoms with van der Waals surface area (Å²) in [5, 5.41) is 7.54. The Labute approximate surface area is 129 Å². The van der Waals surface area contributed by atoms with Gasteiger partial charge in [-0.25, -0.2) is 13.6 Å². The first-order valence-electron chi connectivity index (χ1n) is 6.66. The number of aromatic nitrogens is 1. The Bertz CT molecular complexity index is 914. The van der Waals surface area contributed by atoms with E-state index < -0.39 is 57.7 Å². The molecule has 5 nitrogen and oxygen atoms in total. The molecule has 2 aromatic rings. The highest BCUT2D eigenvalue weighted by Gasteiger charge is 2.40. The summed E-state index contributed by atoms with van der Waals surface area (Å²) in [6.45, 7) is 0. The van der Waals surface area contributed by atoms with Crippen molar-refractivity contribution in [2.45, 2.75) is 25.1 Å². The Kier molecular flexibility index (Phi) is 3.50. The van der Waals surface area contributed by atoms with Crippen molar-refractivity contribution in [1.82, 2.24) is 4.57 Å². The molecule has 24 heavy (non-hydrogen) atoms. The van der Waals surface area contributed by atoms with Crippen molar-refractivity contribution in [2.24, 2.45) is 0 Å². The van der Waals surface area contributed by atoms with E-state index in [4.69, 9.17) is 5.11 Å². The van der Waals surface area contributed by atoms with E-state index in [1.54, 1.807) is 0 Å². The minimum absolute atomic E-state index is 0.0473. The summed E-state index contributed by atoms with van der Waals surface area (Å²) < 4.78 is 72.5. The summed E-state index contributed by atoms with van der Waals surface area (Å²) in [4.78, 5) is 22.8. The van der Waals surface area contributed by atoms with Gasteiger partial charge in [-0.3, -0.25) is 4.79 Å². The number of carboxylic acid groups (broad SMARTS) is 1. The third-order valence-electron chi connectivity index (χ3n) is 3.59. The molecule has 128 valence electrons. The van der Waals surface area contributed by atoms with Gasteiger partial charge in [0.15, 0.2) is 5.75 Å². The zero-order valence-electron chi connectivity index (χ0n) is 11.7. The second kappa shape index (κ2) is 5.18. The van der Waals surface area contributed by atoms with Crippen LogP contribution in [-0.2, 0) is 6.18 Å². The molecule has 1 aliphatic rings. The molecule has 0 aliphatic heterocycles. The second-order valence-corrected chi connectivity index (χ2v) is 5.27. The molecule has 1 aromatic carbocycles. The monoisotopic (exact) mass is 349 g/mol. The van der Waals surface area contributed by atoms with Crippen LogP contribution in [0.5, 0.6) is 5.75 Å². The number of benzene rings is 1. The van der Waals surface area contributed by atoms with Crippen LogP contribution in [0.25, 0.3) is 10.9 Å². The topological polar surface area (TPSA) is 68.5 Å². The molecule has 0 saturated heterocycles. The Balaban J connectivity index is 2.50. The molecule has 0 radical (unpaired) electrons. The van der Waals surface area contributed by atoms with Crippen molar-refractivity contribution in [3.8, 4) is 5.75 Å². The van der Waals surface area contributed by atoms with Gasteiger partial charge in [0.25, 0.3) is 0 Å². The first-order valence-corrected chi connectivity index (χ1v) is 6.66. The van der Waals surface area contributed by atoms with E-state index in [0.717, 1.165) is 10.8 Å². The quantitative estimate of drug-likeness (QED) is 0.663. The third kappa shape index (κ3) is 2.57. The van der Waals surface area contributed by atoms with E-state index in [2.05, 4.69) is 4.74 Å². The van der Waals surface area contributed by atoms with Gasteiger partial charge in [0.1, 0.15) is 17.2 Å². The number of ether oxygens (including phenoxy) is 1. The molecule has 0 bridgehead atoms. The zero-order chi connectivity index (χ0) is 17.8. The van der Waals surface area contributed by atoms with Crippen molar-refractivity contribution in [3.63, 3.8) is 0 Å². The van der Waals surface area contributed by atoms with E-state index in [1.165, 1.54) is 0 Å². The molecule has 1 heterocycles. The number of carbonyl (C=O) groups is 1. The Morgan fingerprint density at radius 3 is 2.38 bits per heavy atom. The standard InChI is InChI=1S/C14H8F5NO4/c15-6-3-7(16)10(14(17,18)19)11-9(6)12(21)8(24-13(22)23)4-20(11)5-1-2-5/h3-5H,1-2H2,(H,22,23). The molecule has 1 fully saturated rings. The predicted molar refractivity (Wildman–Crippen MR) is 70.0 cm³/mol. The van der Waals surface area contributed by atoms with E-state index >= 15 is 0 Å². The lowest BCUT2D eigenvalue weighted by Crippen LogP contribution is -2.21. The van der Waals surface area contributed by atoms with Crippen LogP contribution in [0.2, 0.25) is 0 Å². The molecule has 1 saturated carbocycles. The average Bonchev–Trinajstić information content (AvgIpc) is 3.23. The summed E-state index contributed by atoms with van der Waals surface area (Å²) in [5.74, 6) is -4.22. The summed E-state index contributed by atoms with van der Waals surface area (Å²) >= 11 is 0. The number of fused-ring (bicyclic) bond motifs is 1. The number of hydrogen-bond acceptors (Lipinski definition) is 3. The van der Waals surface area contributed by atoms with Crippen LogP contribution in [-0.4, -0.2) is 15.8 Å². The number of hydrogen-bond donors (Lipinski definition) is 1. The van der Waals surface area contributed by atoms with Gasteiger partial charge >= 0.3 is 12.3 Å². The maximum absolute atomic E-state index is 14.0. The summed E-state index contributed by atoms with van der Waals surface area (Å²) in [6.07, 6.45) is -5.48. The highest BCUT2D eigenvalue weighted by atomic mass is 19.4. The average molecular weight is 349 g/mol. The Hall–Kier alpha value is -2.65. The maximum Gasteiger partial charge on any atom is 0.511 e. The van der Waals surface area contributed by atoms with E-state index in [9.17, 15) is 31.5 Å². The summed E-state index contributed by atoms with van der Waals surface area (Å²) in [5.41, 5.74) is -4.12. The SMILES string of the molecule is O=C(O)Oc1cn(C2CC2)c2c(C(F)(F)F)c(F)cc(F)c2c1=O. The second-order valence-electron chi connectivity index (χ2n) is 5.27. The minimum atomic E-state index is -5.17. The summed E-state index contributed by atoms with van der Waals surface area (Å²) in [6, 6.07) is -0.583. The number of nitrogens with zero attached hydrogens (tertiary/aromatic N) is 1. The number of rotatable bonds is 2. The molecule has 0 amide bonds. The highest BCUT2D eigenvalue weighted by Crippen LogP contribution is 2.43. The van der Waals surface area contributed by atoms with Gasteiger partial charge in [-0.15, -0.1) is 0 Å². The van der Waals surface area contributed by atoms with Crippen molar-refractivity contribution >= 4 is 17.1 Å². The first-order chi connectivity index (χ1) is 11.1. The van der Waals surface area contributed by atoms with E-state index in [1.807, 2.05) is 0 Å². The van der Waals surface area contributed by atoms with Gasteiger partial charge in [-0.1, -0.05) is 0 Å². The maximum atomic E-state index is 14.0. The van der Waals surface area contributed by atoms with Gasteiger partial charge in [-0.2, -0.15) is 13.2 Å². The largest absolute Gasteiger partial charge is 0.511 e. The fourth-order valence-electron chi connectivity index (χ4n) is 2.53. The van der Waals surface area contributed by atoms with Crippen LogP contribution in [0.15, 0.2) is 17.1 Å². The van der Waals surface area contributed by atoms with E-state index in [-0.39, 0.29) is 6.07 Å². The molecule has 1 N–H and O–H groups in total. The Morgan fingerprint density at radius 1 is 1.25 bits per heavy atom. The molecule has 3 rings (SSSR count). The molecule has 0 atom stereocenters. The van der Waals surface area contributed by atoms with Crippen LogP contribution < -0.4 is 10.2 Å². The van der Waals surface area contributed by atoms with Gasteiger partial charge in [0.05, 0.1) is 17.1 Å². The van der Waals surface area contributed by atoms with Gasteiger partial charge in [-0.05, 0) is 12.8 Å². The van der Waals surface area contributed by atoms with E-state index in [0.29, 0.717) is 12.8 Å². The number of alkyl halides is 3. The van der Waals surface area contributed by atoms with Gasteiger partial charge in [0, 0.05) is 12.1 Å². The molecular weight excluding hydrogens is 341 g/mol. The molecule has 0 unspecified atom stereocenters. The third-order valence-corrected chi connectivity index (χ3v) is 3.59. The minimum Gasteiger partial charge on any atom is -0.449 e. The number of pyridine rings is 1. The smallest absolute Gasteiger partial charge is 0.449 e. The first kappa shape index (κ1) is 16.2. The number of halogens is 5. The van der Waals surface area contributed by atoms with Gasteiger partial charge < -0.3 is 14.4 Å². The predicted octanol–water partition coefficient (Wildman–Crippen LogP) is 3.69. The van der Waals surface area contributed by atoms with Crippen molar-refractivity contribution in [3.05, 3.63) is 39.7 Å². The molecule has 1 aromatic heterocycles. The molecule has 10 heteroatoms. The lowest BCUT2D eigenvalue weighted by Gasteiger charge is -2.18. The fourth-order valence-corrected chi connectivity index (χ4v) is 2.53. The van der Waals surface area contributed by atoms with Gasteiger partial charge in [0.2, 0.25) is 5.43 Å². The lowest BCUT2D eigenvalue weighted by molar-refractivity contribution is -0.138. The molecule has 0 spiro atoms. The zero-order valence-corrected chi connectivity index (χ0v) is 11.7. The highest BCUT2D eigenvalue weighted by molar-refractivity contribution is 5.85. The molecular formula is C14H8F5NO4. The normalized spacial score (nSPS) is 14.9. The van der Waals surface area contributed by atoms with Crippen LogP contribution in [0.4, 0.5) is 26.7 Å². The van der Waals surface area contributed by atoms with Crippen molar-refractivity contribution in [1.29, 1.82) is 0 Å². The van der Waals surface area contributed by atoms with Crippen LogP contribution in [0.1, 0.15) is 24.4 Å². The van der Waals surface area contributed by atoms with Crippen LogP contribution >= 0.6 is 0 Å². The molecule has 1 aliphatic carbocycles. The van der Waals surface area contributed by atoms with Crippen LogP contribution in [0.3, 0.4) is 0 Å². The summed E-state index contributed by atoms with van der Waals surface area (Å²) in [7, 11) is 0.